The van der Waals surface area contributed by atoms with Crippen LogP contribution in [0.25, 0.3) is 0 Å². The quantitative estimate of drug-likeness (QED) is 0.932. The third kappa shape index (κ3) is 2.64. The topological polar surface area (TPSA) is 38.3 Å². The molecule has 1 N–H and O–H groups in total. The third-order valence-electron chi connectivity index (χ3n) is 4.04. The summed E-state index contributed by atoms with van der Waals surface area (Å²) in [5, 5.41) is 3.18. The second kappa shape index (κ2) is 5.24. The molecule has 1 saturated carbocycles. The van der Waals surface area contributed by atoms with Gasteiger partial charge in [0.25, 0.3) is 5.91 Å². The molecule has 2 aromatic rings. The zero-order chi connectivity index (χ0) is 14.9. The minimum Gasteiger partial charge on any atom is -0.496 e. The molecule has 0 aromatic heterocycles. The van der Waals surface area contributed by atoms with Crippen molar-refractivity contribution in [1.29, 1.82) is 0 Å². The van der Waals surface area contributed by atoms with Crippen LogP contribution in [0.4, 0.5) is 0 Å². The zero-order valence-electron chi connectivity index (χ0n) is 12.3. The van der Waals surface area contributed by atoms with Crippen LogP contribution in [0.15, 0.2) is 48.5 Å². The number of hydrogen-bond acceptors (Lipinski definition) is 2. The highest BCUT2D eigenvalue weighted by Gasteiger charge is 2.47. The van der Waals surface area contributed by atoms with Crippen LogP contribution in [0.5, 0.6) is 5.75 Å². The summed E-state index contributed by atoms with van der Waals surface area (Å²) in [5.74, 6) is 0.803. The van der Waals surface area contributed by atoms with E-state index < -0.39 is 0 Å². The van der Waals surface area contributed by atoms with E-state index in [1.165, 1.54) is 0 Å². The van der Waals surface area contributed by atoms with Crippen molar-refractivity contribution in [3.63, 3.8) is 0 Å². The Hall–Kier alpha value is -2.29. The Labute approximate surface area is 124 Å². The molecule has 0 saturated heterocycles. The molecule has 1 aliphatic rings. The molecule has 3 heteroatoms. The second-order valence-corrected chi connectivity index (χ2v) is 5.60. The molecule has 0 heterocycles. The maximum Gasteiger partial charge on any atom is 0.251 e. The monoisotopic (exact) mass is 281 g/mol. The maximum absolute atomic E-state index is 12.4. The van der Waals surface area contributed by atoms with Gasteiger partial charge in [0.15, 0.2) is 0 Å². The molecular formula is C18H19NO2. The highest BCUT2D eigenvalue weighted by molar-refractivity contribution is 5.95. The summed E-state index contributed by atoms with van der Waals surface area (Å²) in [5.41, 5.74) is 2.64. The SMILES string of the molecule is COc1ccccc1C1(NC(=O)c2ccc(C)cc2)CC1. The molecule has 0 radical (unpaired) electrons. The van der Waals surface area contributed by atoms with Crippen molar-refractivity contribution in [1.82, 2.24) is 5.32 Å². The molecule has 0 atom stereocenters. The summed E-state index contributed by atoms with van der Waals surface area (Å²) in [6.45, 7) is 2.01. The van der Waals surface area contributed by atoms with E-state index >= 15 is 0 Å². The van der Waals surface area contributed by atoms with E-state index in [1.54, 1.807) is 7.11 Å². The average molecular weight is 281 g/mol. The van der Waals surface area contributed by atoms with E-state index in [0.29, 0.717) is 5.56 Å². The van der Waals surface area contributed by atoms with Gasteiger partial charge in [-0.1, -0.05) is 35.9 Å². The Morgan fingerprint density at radius 3 is 2.38 bits per heavy atom. The van der Waals surface area contributed by atoms with Gasteiger partial charge < -0.3 is 10.1 Å². The number of methoxy groups -OCH3 is 1. The lowest BCUT2D eigenvalue weighted by atomic mass is 10.0. The Bertz CT molecular complexity index is 657. The van der Waals surface area contributed by atoms with Gasteiger partial charge in [0.2, 0.25) is 0 Å². The van der Waals surface area contributed by atoms with Gasteiger partial charge >= 0.3 is 0 Å². The summed E-state index contributed by atoms with van der Waals surface area (Å²) >= 11 is 0. The number of nitrogens with one attached hydrogen (secondary N) is 1. The first kappa shape index (κ1) is 13.7. The number of rotatable bonds is 4. The van der Waals surface area contributed by atoms with Gasteiger partial charge in [-0.3, -0.25) is 4.79 Å². The van der Waals surface area contributed by atoms with Gasteiger partial charge in [0, 0.05) is 11.1 Å². The van der Waals surface area contributed by atoms with Gasteiger partial charge in [-0.15, -0.1) is 0 Å². The molecular weight excluding hydrogens is 262 g/mol. The highest BCUT2D eigenvalue weighted by atomic mass is 16.5. The smallest absolute Gasteiger partial charge is 0.251 e. The minimum atomic E-state index is -0.269. The summed E-state index contributed by atoms with van der Waals surface area (Å²) < 4.78 is 5.42. The van der Waals surface area contributed by atoms with E-state index in [0.717, 1.165) is 29.7 Å². The van der Waals surface area contributed by atoms with Crippen molar-refractivity contribution in [2.24, 2.45) is 0 Å². The van der Waals surface area contributed by atoms with Crippen LogP contribution in [-0.4, -0.2) is 13.0 Å². The van der Waals surface area contributed by atoms with E-state index in [1.807, 2.05) is 55.5 Å². The van der Waals surface area contributed by atoms with Crippen LogP contribution < -0.4 is 10.1 Å². The van der Waals surface area contributed by atoms with Gasteiger partial charge in [0.1, 0.15) is 5.75 Å². The Kier molecular flexibility index (Phi) is 3.42. The Morgan fingerprint density at radius 1 is 1.10 bits per heavy atom. The molecule has 1 aliphatic carbocycles. The Balaban J connectivity index is 1.83. The molecule has 0 aliphatic heterocycles. The molecule has 0 unspecified atom stereocenters. The molecule has 0 spiro atoms. The average Bonchev–Trinajstić information content (AvgIpc) is 3.28. The molecule has 108 valence electrons. The number of ether oxygens (including phenoxy) is 1. The first-order valence-electron chi connectivity index (χ1n) is 7.17. The summed E-state index contributed by atoms with van der Waals surface area (Å²) in [7, 11) is 1.66. The lowest BCUT2D eigenvalue weighted by Crippen LogP contribution is -2.35. The van der Waals surface area contributed by atoms with Crippen molar-refractivity contribution in [2.45, 2.75) is 25.3 Å². The minimum absolute atomic E-state index is 0.0293. The molecule has 3 nitrogen and oxygen atoms in total. The van der Waals surface area contributed by atoms with Crippen LogP contribution in [0.3, 0.4) is 0 Å². The molecule has 21 heavy (non-hydrogen) atoms. The van der Waals surface area contributed by atoms with Crippen molar-refractivity contribution in [3.8, 4) is 5.75 Å². The fourth-order valence-corrected chi connectivity index (χ4v) is 2.62. The first-order valence-corrected chi connectivity index (χ1v) is 7.17. The fourth-order valence-electron chi connectivity index (χ4n) is 2.62. The predicted molar refractivity (Wildman–Crippen MR) is 82.6 cm³/mol. The van der Waals surface area contributed by atoms with Crippen molar-refractivity contribution >= 4 is 5.91 Å². The third-order valence-corrected chi connectivity index (χ3v) is 4.04. The van der Waals surface area contributed by atoms with E-state index in [9.17, 15) is 4.79 Å². The van der Waals surface area contributed by atoms with Crippen LogP contribution >= 0.6 is 0 Å². The molecule has 3 rings (SSSR count). The maximum atomic E-state index is 12.4. The van der Waals surface area contributed by atoms with Crippen LogP contribution in [0, 0.1) is 6.92 Å². The lowest BCUT2D eigenvalue weighted by Gasteiger charge is -2.20. The van der Waals surface area contributed by atoms with Gasteiger partial charge in [0.05, 0.1) is 12.6 Å². The Morgan fingerprint density at radius 2 is 1.76 bits per heavy atom. The lowest BCUT2D eigenvalue weighted by molar-refractivity contribution is 0.0930. The first-order chi connectivity index (χ1) is 10.1. The van der Waals surface area contributed by atoms with Gasteiger partial charge in [-0.05, 0) is 38.0 Å². The van der Waals surface area contributed by atoms with Gasteiger partial charge in [-0.25, -0.2) is 0 Å². The summed E-state index contributed by atoms with van der Waals surface area (Å²) in [6.07, 6.45) is 1.90. The number of hydrogen-bond donors (Lipinski definition) is 1. The number of carbonyl (C=O) groups excluding carboxylic acids is 1. The second-order valence-electron chi connectivity index (χ2n) is 5.60. The molecule has 0 bridgehead atoms. The van der Waals surface area contributed by atoms with Crippen LogP contribution in [0.1, 0.15) is 34.3 Å². The van der Waals surface area contributed by atoms with Gasteiger partial charge in [-0.2, -0.15) is 0 Å². The summed E-state index contributed by atoms with van der Waals surface area (Å²) in [6, 6.07) is 15.5. The number of carbonyl (C=O) groups is 1. The highest BCUT2D eigenvalue weighted by Crippen LogP contribution is 2.48. The largest absolute Gasteiger partial charge is 0.496 e. The molecule has 2 aromatic carbocycles. The number of para-hydroxylation sites is 1. The number of benzene rings is 2. The van der Waals surface area contributed by atoms with Crippen molar-refractivity contribution < 1.29 is 9.53 Å². The van der Waals surface area contributed by atoms with E-state index in [4.69, 9.17) is 4.74 Å². The molecule has 1 fully saturated rings. The zero-order valence-corrected chi connectivity index (χ0v) is 12.3. The van der Waals surface area contributed by atoms with Crippen molar-refractivity contribution in [2.75, 3.05) is 7.11 Å². The van der Waals surface area contributed by atoms with E-state index in [2.05, 4.69) is 5.32 Å². The summed E-state index contributed by atoms with van der Waals surface area (Å²) in [4.78, 5) is 12.4. The van der Waals surface area contributed by atoms with Crippen LogP contribution in [0.2, 0.25) is 0 Å². The van der Waals surface area contributed by atoms with E-state index in [-0.39, 0.29) is 11.4 Å². The van der Waals surface area contributed by atoms with Crippen LogP contribution in [-0.2, 0) is 5.54 Å². The van der Waals surface area contributed by atoms with Crippen molar-refractivity contribution in [3.05, 3.63) is 65.2 Å². The number of amides is 1. The fraction of sp³-hybridized carbons (Fsp3) is 0.278. The number of aryl methyl sites for hydroxylation is 1. The predicted octanol–water partition coefficient (Wildman–Crippen LogP) is 3.42. The normalized spacial score (nSPS) is 15.3. The standard InChI is InChI=1S/C18H19NO2/c1-13-7-9-14(10-8-13)17(20)19-18(11-12-18)15-5-3-4-6-16(15)21-2/h3-10H,11-12H2,1-2H3,(H,19,20). The molecule has 1 amide bonds.